The third-order valence-corrected chi connectivity index (χ3v) is 5.31. The Morgan fingerprint density at radius 3 is 2.20 bits per heavy atom. The zero-order chi connectivity index (χ0) is 25.2. The molecule has 4 rings (SSSR count). The maximum Gasteiger partial charge on any atom is 0.412 e. The molecule has 13 heteroatoms. The van der Waals surface area contributed by atoms with E-state index in [9.17, 15) is 27.6 Å². The van der Waals surface area contributed by atoms with E-state index >= 15 is 0 Å². The Morgan fingerprint density at radius 1 is 1.03 bits per heavy atom. The molecule has 1 unspecified atom stereocenters. The number of hydrogen-bond acceptors (Lipinski definition) is 7. The predicted octanol–water partition coefficient (Wildman–Crippen LogP) is 3.57. The van der Waals surface area contributed by atoms with Gasteiger partial charge in [-0.3, -0.25) is 10.1 Å². The average molecular weight is 490 g/mol. The maximum absolute atomic E-state index is 12.6. The number of carbonyl (C=O) groups is 3. The summed E-state index contributed by atoms with van der Waals surface area (Å²) in [5.74, 6) is -4.03. The van der Waals surface area contributed by atoms with Crippen LogP contribution in [0.15, 0.2) is 53.2 Å². The SMILES string of the molecule is O=C(Nc1nonc1C(=O)NC(CC(F)(F)F)C(=O)O)OCC1c2ccccc2-c2ccccc21. The van der Waals surface area contributed by atoms with Crippen LogP contribution >= 0.6 is 0 Å². The number of carboxylic acids is 1. The molecule has 0 radical (unpaired) electrons. The van der Waals surface area contributed by atoms with Crippen LogP contribution in [0.5, 0.6) is 0 Å². The minimum Gasteiger partial charge on any atom is -0.480 e. The van der Waals surface area contributed by atoms with E-state index in [4.69, 9.17) is 9.84 Å². The van der Waals surface area contributed by atoms with E-state index in [1.54, 1.807) is 5.32 Å². The number of halogens is 3. The van der Waals surface area contributed by atoms with Gasteiger partial charge in [0, 0.05) is 5.92 Å². The van der Waals surface area contributed by atoms with Crippen LogP contribution in [0.2, 0.25) is 0 Å². The highest BCUT2D eigenvalue weighted by Crippen LogP contribution is 2.44. The Labute approximate surface area is 195 Å². The van der Waals surface area contributed by atoms with E-state index < -0.39 is 48.1 Å². The van der Waals surface area contributed by atoms with Crippen molar-refractivity contribution in [2.24, 2.45) is 0 Å². The highest BCUT2D eigenvalue weighted by Gasteiger charge is 2.37. The molecule has 3 aromatic rings. The monoisotopic (exact) mass is 490 g/mol. The minimum absolute atomic E-state index is 0.0562. The number of anilines is 1. The summed E-state index contributed by atoms with van der Waals surface area (Å²) in [6.45, 7) is -0.0562. The summed E-state index contributed by atoms with van der Waals surface area (Å²) in [5.41, 5.74) is 3.25. The highest BCUT2D eigenvalue weighted by molar-refractivity contribution is 6.01. The molecule has 1 aliphatic rings. The van der Waals surface area contributed by atoms with Crippen LogP contribution in [0.3, 0.4) is 0 Å². The zero-order valence-electron chi connectivity index (χ0n) is 17.7. The molecule has 2 aromatic carbocycles. The molecule has 1 atom stereocenters. The fourth-order valence-electron chi connectivity index (χ4n) is 3.81. The molecular weight excluding hydrogens is 473 g/mol. The van der Waals surface area contributed by atoms with Crippen molar-refractivity contribution >= 4 is 23.8 Å². The second-order valence-electron chi connectivity index (χ2n) is 7.60. The van der Waals surface area contributed by atoms with Crippen LogP contribution in [0.4, 0.5) is 23.8 Å². The second kappa shape index (κ2) is 9.44. The number of carboxylic acid groups (broad SMARTS) is 1. The average Bonchev–Trinajstić information content (AvgIpc) is 3.39. The number of hydrogen-bond donors (Lipinski definition) is 3. The first kappa shape index (κ1) is 23.7. The number of amides is 2. The number of aromatic nitrogens is 2. The van der Waals surface area contributed by atoms with Gasteiger partial charge in [-0.25, -0.2) is 14.2 Å². The summed E-state index contributed by atoms with van der Waals surface area (Å²) >= 11 is 0. The van der Waals surface area contributed by atoms with E-state index in [0.29, 0.717) is 0 Å². The lowest BCUT2D eigenvalue weighted by Crippen LogP contribution is -2.44. The quantitative estimate of drug-likeness (QED) is 0.456. The van der Waals surface area contributed by atoms with Crippen LogP contribution in [0.25, 0.3) is 11.1 Å². The van der Waals surface area contributed by atoms with Gasteiger partial charge in [-0.1, -0.05) is 48.5 Å². The number of benzene rings is 2. The Bertz CT molecular complexity index is 1230. The Hall–Kier alpha value is -4.42. The van der Waals surface area contributed by atoms with Crippen LogP contribution < -0.4 is 10.6 Å². The predicted molar refractivity (Wildman–Crippen MR) is 113 cm³/mol. The van der Waals surface area contributed by atoms with Gasteiger partial charge in [0.1, 0.15) is 12.6 Å². The van der Waals surface area contributed by atoms with E-state index in [2.05, 4.69) is 20.3 Å². The van der Waals surface area contributed by atoms with Crippen molar-refractivity contribution in [2.75, 3.05) is 11.9 Å². The van der Waals surface area contributed by atoms with E-state index in [1.807, 2.05) is 48.5 Å². The molecule has 2 amide bonds. The van der Waals surface area contributed by atoms with E-state index in [1.165, 1.54) is 0 Å². The molecule has 10 nitrogen and oxygen atoms in total. The van der Waals surface area contributed by atoms with Crippen molar-refractivity contribution in [1.82, 2.24) is 15.6 Å². The number of aliphatic carboxylic acids is 1. The third-order valence-electron chi connectivity index (χ3n) is 5.31. The first-order valence-electron chi connectivity index (χ1n) is 10.2. The van der Waals surface area contributed by atoms with Gasteiger partial charge in [0.05, 0.1) is 6.42 Å². The molecule has 1 heterocycles. The molecule has 0 saturated carbocycles. The fourth-order valence-corrected chi connectivity index (χ4v) is 3.81. The third kappa shape index (κ3) is 5.23. The number of carbonyl (C=O) groups excluding carboxylic acids is 2. The van der Waals surface area contributed by atoms with Crippen molar-refractivity contribution in [3.8, 4) is 11.1 Å². The number of nitrogens with zero attached hydrogens (tertiary/aromatic N) is 2. The lowest BCUT2D eigenvalue weighted by Gasteiger charge is -2.16. The molecule has 0 saturated heterocycles. The standard InChI is InChI=1S/C22H17F3N4O6/c23-22(24,25)9-16(20(31)32)26-19(30)17-18(29-35-28-17)27-21(33)34-10-15-13-7-3-1-5-11(13)12-6-2-4-8-14(12)15/h1-8,15-16H,9-10H2,(H,26,30)(H,31,32)(H,27,29,33). The lowest BCUT2D eigenvalue weighted by molar-refractivity contribution is -0.157. The summed E-state index contributed by atoms with van der Waals surface area (Å²) in [7, 11) is 0. The van der Waals surface area contributed by atoms with Crippen LogP contribution in [-0.4, -0.2) is 52.2 Å². The van der Waals surface area contributed by atoms with Crippen LogP contribution in [0.1, 0.15) is 34.0 Å². The largest absolute Gasteiger partial charge is 0.480 e. The Kier molecular flexibility index (Phi) is 6.40. The van der Waals surface area contributed by atoms with Gasteiger partial charge in [0.25, 0.3) is 5.91 Å². The van der Waals surface area contributed by atoms with Gasteiger partial charge < -0.3 is 15.2 Å². The first-order chi connectivity index (χ1) is 16.6. The normalized spacial score (nSPS) is 13.5. The van der Waals surface area contributed by atoms with Gasteiger partial charge in [-0.2, -0.15) is 13.2 Å². The summed E-state index contributed by atoms with van der Waals surface area (Å²) in [5, 5.41) is 19.3. The number of ether oxygens (including phenoxy) is 1. The van der Waals surface area contributed by atoms with Crippen LogP contribution in [0, 0.1) is 0 Å². The van der Waals surface area contributed by atoms with Gasteiger partial charge in [0.15, 0.2) is 0 Å². The molecule has 3 N–H and O–H groups in total. The molecular formula is C22H17F3N4O6. The summed E-state index contributed by atoms with van der Waals surface area (Å²) < 4.78 is 47.4. The van der Waals surface area contributed by atoms with E-state index in [-0.39, 0.29) is 12.5 Å². The topological polar surface area (TPSA) is 144 Å². The number of rotatable bonds is 7. The number of fused-ring (bicyclic) bond motifs is 3. The van der Waals surface area contributed by atoms with Crippen molar-refractivity contribution in [1.29, 1.82) is 0 Å². The van der Waals surface area contributed by atoms with Gasteiger partial charge >= 0.3 is 18.2 Å². The lowest BCUT2D eigenvalue weighted by atomic mass is 9.98. The summed E-state index contributed by atoms with van der Waals surface area (Å²) in [6, 6.07) is 13.0. The highest BCUT2D eigenvalue weighted by atomic mass is 19.4. The number of nitrogens with one attached hydrogen (secondary N) is 2. The Morgan fingerprint density at radius 2 is 1.63 bits per heavy atom. The molecule has 1 aliphatic carbocycles. The molecule has 0 fully saturated rings. The van der Waals surface area contributed by atoms with E-state index in [0.717, 1.165) is 22.3 Å². The molecule has 35 heavy (non-hydrogen) atoms. The first-order valence-corrected chi connectivity index (χ1v) is 10.2. The molecule has 0 spiro atoms. The molecule has 0 aliphatic heterocycles. The number of alkyl halides is 3. The smallest absolute Gasteiger partial charge is 0.412 e. The van der Waals surface area contributed by atoms with Gasteiger partial charge in [-0.05, 0) is 32.6 Å². The molecule has 1 aromatic heterocycles. The summed E-state index contributed by atoms with van der Waals surface area (Å²) in [6.07, 6.45) is -7.68. The molecule has 0 bridgehead atoms. The second-order valence-corrected chi connectivity index (χ2v) is 7.60. The van der Waals surface area contributed by atoms with Crippen molar-refractivity contribution < 1.29 is 42.0 Å². The minimum atomic E-state index is -4.85. The Balaban J connectivity index is 1.41. The summed E-state index contributed by atoms with van der Waals surface area (Å²) in [4.78, 5) is 35.7. The van der Waals surface area contributed by atoms with Crippen LogP contribution in [-0.2, 0) is 9.53 Å². The van der Waals surface area contributed by atoms with Gasteiger partial charge in [0.2, 0.25) is 11.5 Å². The molecule has 182 valence electrons. The zero-order valence-corrected chi connectivity index (χ0v) is 17.7. The van der Waals surface area contributed by atoms with Crippen molar-refractivity contribution in [3.05, 3.63) is 65.4 Å². The van der Waals surface area contributed by atoms with Crippen molar-refractivity contribution in [2.45, 2.75) is 24.6 Å². The van der Waals surface area contributed by atoms with Gasteiger partial charge in [-0.15, -0.1) is 0 Å². The fraction of sp³-hybridized carbons (Fsp3) is 0.227. The van der Waals surface area contributed by atoms with Crippen molar-refractivity contribution in [3.63, 3.8) is 0 Å². The maximum atomic E-state index is 12.6.